The fraction of sp³-hybridized carbons (Fsp3) is 0.500. The maximum absolute atomic E-state index is 4.39. The van der Waals surface area contributed by atoms with E-state index in [9.17, 15) is 0 Å². The molecule has 3 rings (SSSR count). The zero-order valence-corrected chi connectivity index (χ0v) is 12.3. The molecule has 1 aliphatic heterocycles. The second-order valence-corrected chi connectivity index (χ2v) is 5.85. The van der Waals surface area contributed by atoms with Crippen LogP contribution in [0.25, 0.3) is 0 Å². The van der Waals surface area contributed by atoms with E-state index in [0.29, 0.717) is 0 Å². The lowest BCUT2D eigenvalue weighted by molar-refractivity contribution is 0.228. The van der Waals surface area contributed by atoms with Gasteiger partial charge in [-0.3, -0.25) is 4.98 Å². The molecule has 0 saturated heterocycles. The second-order valence-electron chi connectivity index (χ2n) is 5.85. The van der Waals surface area contributed by atoms with Gasteiger partial charge in [-0.2, -0.15) is 0 Å². The summed E-state index contributed by atoms with van der Waals surface area (Å²) in [6.45, 7) is 5.30. The first kappa shape index (κ1) is 13.3. The molecule has 0 saturated carbocycles. The van der Waals surface area contributed by atoms with E-state index in [1.807, 2.05) is 18.5 Å². The van der Waals surface area contributed by atoms with Gasteiger partial charge in [-0.15, -0.1) is 0 Å². The number of hydrogen-bond donors (Lipinski definition) is 0. The summed E-state index contributed by atoms with van der Waals surface area (Å²) in [5, 5.41) is 0. The third-order valence-corrected chi connectivity index (χ3v) is 4.16. The lowest BCUT2D eigenvalue weighted by atomic mass is 9.98. The number of aryl methyl sites for hydroxylation is 2. The highest BCUT2D eigenvalue weighted by Gasteiger charge is 2.20. The average Bonchev–Trinajstić information content (AvgIpc) is 2.89. The summed E-state index contributed by atoms with van der Waals surface area (Å²) in [5.41, 5.74) is 2.47. The van der Waals surface area contributed by atoms with Crippen LogP contribution in [0.5, 0.6) is 0 Å². The van der Waals surface area contributed by atoms with Crippen LogP contribution in [0.3, 0.4) is 0 Å². The van der Waals surface area contributed by atoms with E-state index >= 15 is 0 Å². The van der Waals surface area contributed by atoms with Crippen LogP contribution >= 0.6 is 0 Å². The predicted molar refractivity (Wildman–Crippen MR) is 79.3 cm³/mol. The van der Waals surface area contributed by atoms with Gasteiger partial charge in [-0.1, -0.05) is 6.07 Å². The van der Waals surface area contributed by atoms with E-state index < -0.39 is 0 Å². The number of aromatic nitrogens is 3. The number of pyridine rings is 1. The maximum atomic E-state index is 4.39. The normalized spacial score (nSPS) is 18.2. The Morgan fingerprint density at radius 3 is 3.10 bits per heavy atom. The van der Waals surface area contributed by atoms with Crippen LogP contribution in [0.15, 0.2) is 30.7 Å². The minimum absolute atomic E-state index is 0.721. The highest BCUT2D eigenvalue weighted by molar-refractivity contribution is 5.17. The molecule has 0 aliphatic carbocycles. The Labute approximate surface area is 120 Å². The van der Waals surface area contributed by atoms with Crippen molar-refractivity contribution >= 4 is 0 Å². The summed E-state index contributed by atoms with van der Waals surface area (Å²) >= 11 is 0. The minimum Gasteiger partial charge on any atom is -0.335 e. The Balaban J connectivity index is 1.58. The lowest BCUT2D eigenvalue weighted by Gasteiger charge is -2.28. The molecule has 0 radical (unpaired) electrons. The van der Waals surface area contributed by atoms with Gasteiger partial charge in [0.05, 0.1) is 0 Å². The first-order chi connectivity index (χ1) is 9.72. The Morgan fingerprint density at radius 2 is 2.25 bits per heavy atom. The Bertz CT molecular complexity index is 575. The summed E-state index contributed by atoms with van der Waals surface area (Å²) in [7, 11) is 2.20. The summed E-state index contributed by atoms with van der Waals surface area (Å²) in [5.74, 6) is 1.96. The summed E-state index contributed by atoms with van der Waals surface area (Å²) in [6.07, 6.45) is 8.23. The number of imidazole rings is 1. The topological polar surface area (TPSA) is 34.0 Å². The molecule has 4 heteroatoms. The van der Waals surface area contributed by atoms with Crippen molar-refractivity contribution in [3.63, 3.8) is 0 Å². The molecule has 2 aromatic heterocycles. The highest BCUT2D eigenvalue weighted by atomic mass is 15.1. The van der Waals surface area contributed by atoms with Gasteiger partial charge in [0.15, 0.2) is 0 Å². The maximum Gasteiger partial charge on any atom is 0.108 e. The largest absolute Gasteiger partial charge is 0.335 e. The van der Waals surface area contributed by atoms with Gasteiger partial charge in [-0.05, 0) is 37.9 Å². The predicted octanol–water partition coefficient (Wildman–Crippen LogP) is 2.28. The molecule has 0 spiro atoms. The fourth-order valence-electron chi connectivity index (χ4n) is 3.07. The van der Waals surface area contributed by atoms with Gasteiger partial charge >= 0.3 is 0 Å². The monoisotopic (exact) mass is 270 g/mol. The zero-order chi connectivity index (χ0) is 13.9. The molecule has 0 bridgehead atoms. The second kappa shape index (κ2) is 5.75. The third kappa shape index (κ3) is 2.90. The van der Waals surface area contributed by atoms with Crippen molar-refractivity contribution in [3.05, 3.63) is 47.8 Å². The Morgan fingerprint density at radius 1 is 1.35 bits per heavy atom. The molecular formula is C16H22N4. The Kier molecular flexibility index (Phi) is 3.83. The molecule has 1 atom stereocenters. The average molecular weight is 270 g/mol. The van der Waals surface area contributed by atoms with Crippen molar-refractivity contribution in [1.29, 1.82) is 0 Å². The summed E-state index contributed by atoms with van der Waals surface area (Å²) in [6, 6.07) is 4.20. The van der Waals surface area contributed by atoms with Crippen molar-refractivity contribution in [2.75, 3.05) is 13.6 Å². The van der Waals surface area contributed by atoms with Gasteiger partial charge < -0.3 is 9.47 Å². The molecule has 2 aromatic rings. The molecule has 1 aliphatic rings. The minimum atomic E-state index is 0.721. The van der Waals surface area contributed by atoms with Crippen molar-refractivity contribution in [1.82, 2.24) is 19.4 Å². The zero-order valence-electron chi connectivity index (χ0n) is 12.3. The number of rotatable bonds is 4. The van der Waals surface area contributed by atoms with E-state index in [0.717, 1.165) is 37.7 Å². The molecule has 0 unspecified atom stereocenters. The molecular weight excluding hydrogens is 248 g/mol. The molecule has 106 valence electrons. The van der Waals surface area contributed by atoms with Crippen LogP contribution in [-0.4, -0.2) is 33.0 Å². The summed E-state index contributed by atoms with van der Waals surface area (Å²) < 4.78 is 2.30. The SMILES string of the molecule is Cc1ncccc1CN(C)C[C@@H]1CCc2nccn2C1. The fourth-order valence-corrected chi connectivity index (χ4v) is 3.07. The van der Waals surface area contributed by atoms with Gasteiger partial charge in [0.2, 0.25) is 0 Å². The number of nitrogens with zero attached hydrogens (tertiary/aromatic N) is 4. The number of fused-ring (bicyclic) bond motifs is 1. The van der Waals surface area contributed by atoms with Crippen molar-refractivity contribution in [2.24, 2.45) is 5.92 Å². The molecule has 0 N–H and O–H groups in total. The summed E-state index contributed by atoms with van der Waals surface area (Å²) in [4.78, 5) is 11.2. The standard InChI is InChI=1S/C16H22N4/c1-13-15(4-3-7-17-13)12-19(2)10-14-5-6-16-18-8-9-20(16)11-14/h3-4,7-9,14H,5-6,10-12H2,1-2H3/t14-/m0/s1. The molecule has 4 nitrogen and oxygen atoms in total. The van der Waals surface area contributed by atoms with Gasteiger partial charge in [0.25, 0.3) is 0 Å². The van der Waals surface area contributed by atoms with Gasteiger partial charge in [-0.25, -0.2) is 4.98 Å². The molecule has 20 heavy (non-hydrogen) atoms. The van der Waals surface area contributed by atoms with Crippen molar-refractivity contribution < 1.29 is 0 Å². The van der Waals surface area contributed by atoms with Crippen molar-refractivity contribution in [2.45, 2.75) is 32.9 Å². The molecule has 3 heterocycles. The molecule has 0 amide bonds. The van der Waals surface area contributed by atoms with E-state index in [2.05, 4.69) is 45.7 Å². The van der Waals surface area contributed by atoms with E-state index in [1.54, 1.807) is 0 Å². The van der Waals surface area contributed by atoms with Crippen molar-refractivity contribution in [3.8, 4) is 0 Å². The van der Waals surface area contributed by atoms with E-state index in [1.165, 1.54) is 17.8 Å². The first-order valence-electron chi connectivity index (χ1n) is 7.31. The van der Waals surface area contributed by atoms with Crippen LogP contribution in [0.1, 0.15) is 23.5 Å². The Hall–Kier alpha value is -1.68. The third-order valence-electron chi connectivity index (χ3n) is 4.16. The van der Waals surface area contributed by atoms with Crippen LogP contribution in [0.2, 0.25) is 0 Å². The van der Waals surface area contributed by atoms with Gasteiger partial charge in [0, 0.05) is 50.3 Å². The molecule has 0 fully saturated rings. The quantitative estimate of drug-likeness (QED) is 0.854. The van der Waals surface area contributed by atoms with Crippen LogP contribution < -0.4 is 0 Å². The van der Waals surface area contributed by atoms with Gasteiger partial charge in [0.1, 0.15) is 5.82 Å². The lowest BCUT2D eigenvalue weighted by Crippen LogP contribution is -2.31. The highest BCUT2D eigenvalue weighted by Crippen LogP contribution is 2.20. The van der Waals surface area contributed by atoms with E-state index in [-0.39, 0.29) is 0 Å². The van der Waals surface area contributed by atoms with Crippen LogP contribution in [-0.2, 0) is 19.5 Å². The first-order valence-corrected chi connectivity index (χ1v) is 7.31. The van der Waals surface area contributed by atoms with Crippen LogP contribution in [0, 0.1) is 12.8 Å². The molecule has 0 aromatic carbocycles. The number of hydrogen-bond acceptors (Lipinski definition) is 3. The van der Waals surface area contributed by atoms with Crippen LogP contribution in [0.4, 0.5) is 0 Å². The van der Waals surface area contributed by atoms with E-state index in [4.69, 9.17) is 0 Å². The smallest absolute Gasteiger partial charge is 0.108 e.